The van der Waals surface area contributed by atoms with Crippen LogP contribution in [0.4, 0.5) is 0 Å². The van der Waals surface area contributed by atoms with Crippen LogP contribution in [0.25, 0.3) is 0 Å². The molecule has 1 atom stereocenters. The molecule has 2 rings (SSSR count). The van der Waals surface area contributed by atoms with Gasteiger partial charge in [-0.3, -0.25) is 0 Å². The third kappa shape index (κ3) is 2.62. The summed E-state index contributed by atoms with van der Waals surface area (Å²) in [6, 6.07) is 1.97. The molecule has 1 aliphatic carbocycles. The van der Waals surface area contributed by atoms with Gasteiger partial charge in [0.1, 0.15) is 0 Å². The van der Waals surface area contributed by atoms with Crippen LogP contribution in [-0.4, -0.2) is 0 Å². The van der Waals surface area contributed by atoms with Gasteiger partial charge in [-0.2, -0.15) is 0 Å². The molecule has 0 aliphatic heterocycles. The predicted octanol–water partition coefficient (Wildman–Crippen LogP) is 5.24. The van der Waals surface area contributed by atoms with E-state index in [1.54, 1.807) is 11.3 Å². The van der Waals surface area contributed by atoms with Crippen molar-refractivity contribution in [3.63, 3.8) is 0 Å². The molecular formula is C9H9BrCl2S. The Morgan fingerprint density at radius 1 is 1.62 bits per heavy atom. The Balaban J connectivity index is 2.05. The zero-order valence-electron chi connectivity index (χ0n) is 6.90. The topological polar surface area (TPSA) is 0 Å². The molecule has 0 nitrogen and oxygen atoms in total. The van der Waals surface area contributed by atoms with Gasteiger partial charge in [0.05, 0.1) is 14.2 Å². The van der Waals surface area contributed by atoms with E-state index >= 15 is 0 Å². The Morgan fingerprint density at radius 3 is 2.77 bits per heavy atom. The first kappa shape index (κ1) is 10.3. The van der Waals surface area contributed by atoms with Crippen molar-refractivity contribution in [2.24, 2.45) is 5.92 Å². The highest BCUT2D eigenvalue weighted by molar-refractivity contribution is 9.11. The van der Waals surface area contributed by atoms with E-state index < -0.39 is 0 Å². The Hall–Kier alpha value is 0.760. The maximum absolute atomic E-state index is 6.26. The molecule has 0 bridgehead atoms. The molecule has 1 unspecified atom stereocenters. The van der Waals surface area contributed by atoms with E-state index in [2.05, 4.69) is 15.9 Å². The van der Waals surface area contributed by atoms with Crippen molar-refractivity contribution in [2.45, 2.75) is 24.6 Å². The van der Waals surface area contributed by atoms with Crippen LogP contribution < -0.4 is 0 Å². The van der Waals surface area contributed by atoms with Gasteiger partial charge >= 0.3 is 0 Å². The zero-order chi connectivity index (χ0) is 9.42. The fourth-order valence-corrected chi connectivity index (χ4v) is 3.47. The van der Waals surface area contributed by atoms with E-state index in [1.807, 2.05) is 6.07 Å². The Labute approximate surface area is 100 Å². The maximum Gasteiger partial charge on any atom is 0.0887 e. The summed E-state index contributed by atoms with van der Waals surface area (Å²) in [6.07, 6.45) is 3.80. The van der Waals surface area contributed by atoms with Gasteiger partial charge in [0.2, 0.25) is 0 Å². The van der Waals surface area contributed by atoms with Crippen molar-refractivity contribution in [3.8, 4) is 0 Å². The molecule has 1 aliphatic rings. The third-order valence-corrected chi connectivity index (χ3v) is 5.34. The Bertz CT molecular complexity index is 287. The van der Waals surface area contributed by atoms with Crippen LogP contribution in [-0.2, 0) is 0 Å². The largest absolute Gasteiger partial charge is 0.130 e. The Morgan fingerprint density at radius 2 is 2.31 bits per heavy atom. The molecular weight excluding hydrogens is 291 g/mol. The van der Waals surface area contributed by atoms with Crippen molar-refractivity contribution in [3.05, 3.63) is 19.8 Å². The standard InChI is InChI=1S/C9H9BrCl2S/c10-9-7(12)4-8(13-9)6(11)3-5-1-2-5/h4-6H,1-3H2. The first-order chi connectivity index (χ1) is 6.16. The van der Waals surface area contributed by atoms with Crippen LogP contribution in [0.5, 0.6) is 0 Å². The monoisotopic (exact) mass is 298 g/mol. The summed E-state index contributed by atoms with van der Waals surface area (Å²) in [5.74, 6) is 0.863. The molecule has 1 saturated carbocycles. The number of halogens is 3. The summed E-state index contributed by atoms with van der Waals surface area (Å²) < 4.78 is 0.991. The molecule has 1 aromatic heterocycles. The number of hydrogen-bond donors (Lipinski definition) is 0. The molecule has 1 fully saturated rings. The second-order valence-corrected chi connectivity index (χ2v) is 6.75. The molecule has 0 spiro atoms. The minimum atomic E-state index is 0.154. The summed E-state index contributed by atoms with van der Waals surface area (Å²) >= 11 is 17.2. The maximum atomic E-state index is 6.26. The van der Waals surface area contributed by atoms with Crippen LogP contribution in [0.3, 0.4) is 0 Å². The normalized spacial score (nSPS) is 19.0. The highest BCUT2D eigenvalue weighted by atomic mass is 79.9. The van der Waals surface area contributed by atoms with Gasteiger partial charge in [0, 0.05) is 4.88 Å². The molecule has 13 heavy (non-hydrogen) atoms. The Kier molecular flexibility index (Phi) is 3.24. The lowest BCUT2D eigenvalue weighted by atomic mass is 10.2. The van der Waals surface area contributed by atoms with Crippen molar-refractivity contribution < 1.29 is 0 Å². The van der Waals surface area contributed by atoms with Gasteiger partial charge in [-0.1, -0.05) is 24.4 Å². The number of alkyl halides is 1. The van der Waals surface area contributed by atoms with Crippen LogP contribution in [0, 0.1) is 5.92 Å². The molecule has 0 aromatic carbocycles. The SMILES string of the molecule is Clc1cc(C(Cl)CC2CC2)sc1Br. The molecule has 4 heteroatoms. The second-order valence-electron chi connectivity index (χ2n) is 3.42. The molecule has 72 valence electrons. The summed E-state index contributed by atoms with van der Waals surface area (Å²) in [5, 5.41) is 0.933. The highest BCUT2D eigenvalue weighted by Gasteiger charge is 2.26. The molecule has 1 heterocycles. The van der Waals surface area contributed by atoms with E-state index in [0.29, 0.717) is 0 Å². The molecule has 0 N–H and O–H groups in total. The average molecular weight is 300 g/mol. The molecule has 0 saturated heterocycles. The fourth-order valence-electron chi connectivity index (χ4n) is 1.28. The minimum absolute atomic E-state index is 0.154. The summed E-state index contributed by atoms with van der Waals surface area (Å²) in [6.45, 7) is 0. The quantitative estimate of drug-likeness (QED) is 0.669. The van der Waals surface area contributed by atoms with Crippen molar-refractivity contribution >= 4 is 50.5 Å². The summed E-state index contributed by atoms with van der Waals surface area (Å²) in [7, 11) is 0. The smallest absolute Gasteiger partial charge is 0.0887 e. The lowest BCUT2D eigenvalue weighted by Gasteiger charge is -2.04. The molecule has 1 aromatic rings. The van der Waals surface area contributed by atoms with E-state index in [9.17, 15) is 0 Å². The lowest BCUT2D eigenvalue weighted by molar-refractivity contribution is 0.713. The number of hydrogen-bond acceptors (Lipinski definition) is 1. The van der Waals surface area contributed by atoms with Crippen LogP contribution in [0.15, 0.2) is 9.85 Å². The van der Waals surface area contributed by atoms with Crippen LogP contribution in [0.1, 0.15) is 29.5 Å². The fraction of sp³-hybridized carbons (Fsp3) is 0.556. The minimum Gasteiger partial charge on any atom is -0.130 e. The zero-order valence-corrected chi connectivity index (χ0v) is 10.8. The van der Waals surface area contributed by atoms with Crippen molar-refractivity contribution in [1.82, 2.24) is 0 Å². The summed E-state index contributed by atoms with van der Waals surface area (Å²) in [5.41, 5.74) is 0. The van der Waals surface area contributed by atoms with E-state index in [1.165, 1.54) is 17.7 Å². The first-order valence-corrected chi connectivity index (χ1v) is 6.68. The first-order valence-electron chi connectivity index (χ1n) is 4.25. The van der Waals surface area contributed by atoms with Gasteiger partial charge in [-0.25, -0.2) is 0 Å². The van der Waals surface area contributed by atoms with Gasteiger partial charge in [-0.05, 0) is 34.3 Å². The summed E-state index contributed by atoms with van der Waals surface area (Å²) in [4.78, 5) is 1.19. The van der Waals surface area contributed by atoms with Crippen molar-refractivity contribution in [1.29, 1.82) is 0 Å². The molecule has 0 amide bonds. The van der Waals surface area contributed by atoms with Crippen molar-refractivity contribution in [2.75, 3.05) is 0 Å². The van der Waals surface area contributed by atoms with E-state index in [4.69, 9.17) is 23.2 Å². The van der Waals surface area contributed by atoms with E-state index in [-0.39, 0.29) is 5.38 Å². The number of rotatable bonds is 3. The van der Waals surface area contributed by atoms with Gasteiger partial charge < -0.3 is 0 Å². The third-order valence-electron chi connectivity index (χ3n) is 2.21. The van der Waals surface area contributed by atoms with Crippen LogP contribution >= 0.6 is 50.5 Å². The van der Waals surface area contributed by atoms with E-state index in [0.717, 1.165) is 21.1 Å². The van der Waals surface area contributed by atoms with Gasteiger partial charge in [0.25, 0.3) is 0 Å². The highest BCUT2D eigenvalue weighted by Crippen LogP contribution is 2.44. The van der Waals surface area contributed by atoms with Gasteiger partial charge in [0.15, 0.2) is 0 Å². The predicted molar refractivity (Wildman–Crippen MR) is 63.0 cm³/mol. The van der Waals surface area contributed by atoms with Crippen LogP contribution in [0.2, 0.25) is 5.02 Å². The molecule has 0 radical (unpaired) electrons. The second kappa shape index (κ2) is 4.09. The average Bonchev–Trinajstić information content (AvgIpc) is 2.81. The van der Waals surface area contributed by atoms with Gasteiger partial charge in [-0.15, -0.1) is 22.9 Å². The lowest BCUT2D eigenvalue weighted by Crippen LogP contribution is -1.87. The number of thiophene rings is 1.